The lowest BCUT2D eigenvalue weighted by Crippen LogP contribution is -2.07. The molecular formula is C12H12FN3O. The summed E-state index contributed by atoms with van der Waals surface area (Å²) in [6.07, 6.45) is 1.39. The van der Waals surface area contributed by atoms with Gasteiger partial charge in [0, 0.05) is 12.6 Å². The minimum absolute atomic E-state index is 0.277. The maximum absolute atomic E-state index is 13.1. The van der Waals surface area contributed by atoms with Gasteiger partial charge >= 0.3 is 0 Å². The number of nitrogens with two attached hydrogens (primary N) is 1. The number of benzene rings is 1. The largest absolute Gasteiger partial charge is 0.383 e. The summed E-state index contributed by atoms with van der Waals surface area (Å²) in [6, 6.07) is 4.10. The van der Waals surface area contributed by atoms with E-state index >= 15 is 0 Å². The van der Waals surface area contributed by atoms with Crippen molar-refractivity contribution in [3.05, 3.63) is 46.9 Å². The van der Waals surface area contributed by atoms with E-state index in [0.29, 0.717) is 16.7 Å². The van der Waals surface area contributed by atoms with E-state index in [4.69, 9.17) is 5.73 Å². The summed E-state index contributed by atoms with van der Waals surface area (Å²) in [5.74, 6) is -0.479. The highest BCUT2D eigenvalue weighted by Crippen LogP contribution is 2.19. The summed E-state index contributed by atoms with van der Waals surface area (Å²) in [6.45, 7) is 1.75. The molecule has 1 heterocycles. The van der Waals surface area contributed by atoms with E-state index in [1.54, 1.807) is 20.0 Å². The second-order valence-corrected chi connectivity index (χ2v) is 3.86. The van der Waals surface area contributed by atoms with Gasteiger partial charge in [0.1, 0.15) is 11.6 Å². The summed E-state index contributed by atoms with van der Waals surface area (Å²) in [4.78, 5) is 12.2. The lowest BCUT2D eigenvalue weighted by Gasteiger charge is -2.04. The SMILES string of the molecule is Cc1ccc(F)cc1C(=O)c1cnn(C)c1N. The Bertz CT molecular complexity index is 589. The van der Waals surface area contributed by atoms with Crippen LogP contribution in [0.15, 0.2) is 24.4 Å². The van der Waals surface area contributed by atoms with E-state index in [0.717, 1.165) is 0 Å². The van der Waals surface area contributed by atoms with Gasteiger partial charge in [-0.15, -0.1) is 0 Å². The van der Waals surface area contributed by atoms with Gasteiger partial charge in [-0.3, -0.25) is 9.48 Å². The summed E-state index contributed by atoms with van der Waals surface area (Å²) < 4.78 is 14.5. The van der Waals surface area contributed by atoms with E-state index in [9.17, 15) is 9.18 Å². The molecule has 0 aliphatic rings. The van der Waals surface area contributed by atoms with Crippen LogP contribution in [0, 0.1) is 12.7 Å². The van der Waals surface area contributed by atoms with E-state index < -0.39 is 5.82 Å². The predicted molar refractivity (Wildman–Crippen MR) is 62.2 cm³/mol. The highest BCUT2D eigenvalue weighted by Gasteiger charge is 2.17. The number of hydrogen-bond acceptors (Lipinski definition) is 3. The van der Waals surface area contributed by atoms with Crippen molar-refractivity contribution in [3.8, 4) is 0 Å². The molecule has 4 nitrogen and oxygen atoms in total. The van der Waals surface area contributed by atoms with E-state index in [1.165, 1.54) is 23.0 Å². The van der Waals surface area contributed by atoms with Crippen molar-refractivity contribution >= 4 is 11.6 Å². The molecule has 0 radical (unpaired) electrons. The highest BCUT2D eigenvalue weighted by atomic mass is 19.1. The number of aryl methyl sites for hydroxylation is 2. The van der Waals surface area contributed by atoms with Gasteiger partial charge in [0.15, 0.2) is 5.78 Å². The zero-order chi connectivity index (χ0) is 12.6. The first-order chi connectivity index (χ1) is 8.00. The average molecular weight is 233 g/mol. The molecule has 1 aromatic heterocycles. The molecule has 0 spiro atoms. The number of carbonyl (C=O) groups excluding carboxylic acids is 1. The van der Waals surface area contributed by atoms with Crippen molar-refractivity contribution in [2.75, 3.05) is 5.73 Å². The van der Waals surface area contributed by atoms with Crippen molar-refractivity contribution in [1.82, 2.24) is 9.78 Å². The summed E-state index contributed by atoms with van der Waals surface area (Å²) in [5, 5.41) is 3.89. The highest BCUT2D eigenvalue weighted by molar-refractivity contribution is 6.12. The Balaban J connectivity index is 2.51. The zero-order valence-electron chi connectivity index (χ0n) is 9.57. The van der Waals surface area contributed by atoms with Gasteiger partial charge in [-0.25, -0.2) is 4.39 Å². The van der Waals surface area contributed by atoms with Crippen molar-refractivity contribution in [1.29, 1.82) is 0 Å². The normalized spacial score (nSPS) is 10.5. The number of nitrogens with zero attached hydrogens (tertiary/aromatic N) is 2. The molecule has 1 aromatic carbocycles. The number of carbonyl (C=O) groups is 1. The molecule has 0 bridgehead atoms. The molecule has 0 aliphatic heterocycles. The van der Waals surface area contributed by atoms with Crippen LogP contribution in [0.3, 0.4) is 0 Å². The Kier molecular flexibility index (Phi) is 2.67. The fourth-order valence-corrected chi connectivity index (χ4v) is 1.61. The van der Waals surface area contributed by atoms with Crippen LogP contribution in [0.4, 0.5) is 10.2 Å². The van der Waals surface area contributed by atoms with Gasteiger partial charge in [0.2, 0.25) is 0 Å². The second kappa shape index (κ2) is 4.01. The van der Waals surface area contributed by atoms with Crippen LogP contribution in [0.2, 0.25) is 0 Å². The topological polar surface area (TPSA) is 60.9 Å². The quantitative estimate of drug-likeness (QED) is 0.803. The number of aromatic nitrogens is 2. The van der Waals surface area contributed by atoms with Gasteiger partial charge in [-0.05, 0) is 24.6 Å². The van der Waals surface area contributed by atoms with Gasteiger partial charge < -0.3 is 5.73 Å². The van der Waals surface area contributed by atoms with Gasteiger partial charge in [-0.2, -0.15) is 5.10 Å². The molecule has 0 saturated carbocycles. The lowest BCUT2D eigenvalue weighted by molar-refractivity contribution is 0.103. The Hall–Kier alpha value is -2.17. The van der Waals surface area contributed by atoms with E-state index in [2.05, 4.69) is 5.10 Å². The van der Waals surface area contributed by atoms with Crippen LogP contribution in [0.5, 0.6) is 0 Å². The first-order valence-corrected chi connectivity index (χ1v) is 5.09. The minimum atomic E-state index is -0.443. The van der Waals surface area contributed by atoms with Crippen LogP contribution in [-0.2, 0) is 7.05 Å². The molecular weight excluding hydrogens is 221 g/mol. The number of rotatable bonds is 2. The lowest BCUT2D eigenvalue weighted by atomic mass is 10.0. The van der Waals surface area contributed by atoms with Crippen LogP contribution in [0.1, 0.15) is 21.5 Å². The molecule has 0 unspecified atom stereocenters. The Morgan fingerprint density at radius 3 is 2.71 bits per heavy atom. The predicted octanol–water partition coefficient (Wildman–Crippen LogP) is 1.68. The fraction of sp³-hybridized carbons (Fsp3) is 0.167. The molecule has 0 atom stereocenters. The maximum Gasteiger partial charge on any atom is 0.198 e. The molecule has 2 aromatic rings. The molecule has 0 fully saturated rings. The molecule has 5 heteroatoms. The number of nitrogen functional groups attached to an aromatic ring is 1. The molecule has 17 heavy (non-hydrogen) atoms. The van der Waals surface area contributed by atoms with Crippen molar-refractivity contribution in [3.63, 3.8) is 0 Å². The molecule has 0 aliphatic carbocycles. The number of ketones is 1. The van der Waals surface area contributed by atoms with Crippen LogP contribution < -0.4 is 5.73 Å². The molecule has 88 valence electrons. The molecule has 2 rings (SSSR count). The van der Waals surface area contributed by atoms with Crippen LogP contribution in [0.25, 0.3) is 0 Å². The van der Waals surface area contributed by atoms with Gasteiger partial charge in [-0.1, -0.05) is 6.07 Å². The number of halogens is 1. The summed E-state index contributed by atoms with van der Waals surface area (Å²) in [5.41, 5.74) is 7.03. The second-order valence-electron chi connectivity index (χ2n) is 3.86. The Labute approximate surface area is 97.9 Å². The van der Waals surface area contributed by atoms with Crippen LogP contribution in [-0.4, -0.2) is 15.6 Å². The van der Waals surface area contributed by atoms with Crippen molar-refractivity contribution in [2.45, 2.75) is 6.92 Å². The molecule has 0 saturated heterocycles. The summed E-state index contributed by atoms with van der Waals surface area (Å²) in [7, 11) is 1.64. The fourth-order valence-electron chi connectivity index (χ4n) is 1.61. The van der Waals surface area contributed by atoms with Gasteiger partial charge in [0.25, 0.3) is 0 Å². The number of hydrogen-bond donors (Lipinski definition) is 1. The Morgan fingerprint density at radius 2 is 2.12 bits per heavy atom. The van der Waals surface area contributed by atoms with E-state index in [-0.39, 0.29) is 11.6 Å². The number of anilines is 1. The van der Waals surface area contributed by atoms with E-state index in [1.807, 2.05) is 0 Å². The third-order valence-electron chi connectivity index (χ3n) is 2.67. The van der Waals surface area contributed by atoms with Crippen molar-refractivity contribution < 1.29 is 9.18 Å². The minimum Gasteiger partial charge on any atom is -0.383 e. The third kappa shape index (κ3) is 1.91. The maximum atomic E-state index is 13.1. The molecule has 2 N–H and O–H groups in total. The van der Waals surface area contributed by atoms with Crippen LogP contribution >= 0.6 is 0 Å². The smallest absolute Gasteiger partial charge is 0.198 e. The van der Waals surface area contributed by atoms with Gasteiger partial charge in [0.05, 0.1) is 11.8 Å². The monoisotopic (exact) mass is 233 g/mol. The first kappa shape index (κ1) is 11.3. The molecule has 0 amide bonds. The first-order valence-electron chi connectivity index (χ1n) is 5.09. The summed E-state index contributed by atoms with van der Waals surface area (Å²) >= 11 is 0. The third-order valence-corrected chi connectivity index (χ3v) is 2.67. The Morgan fingerprint density at radius 1 is 1.41 bits per heavy atom. The zero-order valence-corrected chi connectivity index (χ0v) is 9.57. The van der Waals surface area contributed by atoms with Crippen molar-refractivity contribution in [2.24, 2.45) is 7.05 Å². The average Bonchev–Trinajstić information content (AvgIpc) is 2.62. The standard InChI is InChI=1S/C12H12FN3O/c1-7-3-4-8(13)5-9(7)11(17)10-6-15-16(2)12(10)14/h3-6H,14H2,1-2H3.